The van der Waals surface area contributed by atoms with Gasteiger partial charge in [-0.25, -0.2) is 0 Å². The molecule has 29 heavy (non-hydrogen) atoms. The third-order valence-electron chi connectivity index (χ3n) is 4.67. The molecule has 1 amide bonds. The predicted octanol–water partition coefficient (Wildman–Crippen LogP) is 4.18. The number of nitro groups is 1. The molecule has 0 aliphatic rings. The molecule has 2 aromatic carbocycles. The lowest BCUT2D eigenvalue weighted by Gasteiger charge is -2.05. The van der Waals surface area contributed by atoms with Gasteiger partial charge in [0.25, 0.3) is 11.6 Å². The Bertz CT molecular complexity index is 1190. The lowest BCUT2D eigenvalue weighted by molar-refractivity contribution is -0.384. The molecule has 0 unspecified atom stereocenters. The summed E-state index contributed by atoms with van der Waals surface area (Å²) in [6.07, 6.45) is 2.40. The van der Waals surface area contributed by atoms with Gasteiger partial charge < -0.3 is 5.32 Å². The quantitative estimate of drug-likeness (QED) is 0.384. The van der Waals surface area contributed by atoms with Crippen LogP contribution in [0.4, 0.5) is 5.69 Å². The maximum atomic E-state index is 12.7. The number of thiophene rings is 1. The number of amides is 1. The average Bonchev–Trinajstić information content (AvgIpc) is 3.32. The Kier molecular flexibility index (Phi) is 5.09. The molecule has 0 aliphatic heterocycles. The van der Waals surface area contributed by atoms with Crippen molar-refractivity contribution in [3.63, 3.8) is 0 Å². The molecule has 4 rings (SSSR count). The van der Waals surface area contributed by atoms with Crippen molar-refractivity contribution in [1.29, 1.82) is 0 Å². The first-order valence-corrected chi connectivity index (χ1v) is 9.92. The highest BCUT2D eigenvalue weighted by atomic mass is 32.1. The van der Waals surface area contributed by atoms with Crippen LogP contribution in [-0.4, -0.2) is 27.2 Å². The number of hydrogen-bond donors (Lipinski definition) is 1. The molecule has 4 aromatic rings. The average molecular weight is 406 g/mol. The second-order valence-corrected chi connectivity index (χ2v) is 7.54. The molecular formula is C21H18N4O3S. The van der Waals surface area contributed by atoms with Crippen molar-refractivity contribution in [1.82, 2.24) is 15.1 Å². The Balaban J connectivity index is 1.48. The largest absolute Gasteiger partial charge is 0.352 e. The van der Waals surface area contributed by atoms with Crippen molar-refractivity contribution >= 4 is 33.0 Å². The van der Waals surface area contributed by atoms with Gasteiger partial charge >= 0.3 is 0 Å². The van der Waals surface area contributed by atoms with Crippen LogP contribution in [0.3, 0.4) is 0 Å². The molecule has 0 bridgehead atoms. The van der Waals surface area contributed by atoms with E-state index in [1.807, 2.05) is 12.1 Å². The van der Waals surface area contributed by atoms with Gasteiger partial charge in [-0.15, -0.1) is 11.3 Å². The van der Waals surface area contributed by atoms with Gasteiger partial charge in [0.2, 0.25) is 0 Å². The molecular weight excluding hydrogens is 388 g/mol. The molecule has 1 N–H and O–H groups in total. The van der Waals surface area contributed by atoms with Crippen molar-refractivity contribution in [3.05, 3.63) is 81.3 Å². The van der Waals surface area contributed by atoms with Crippen LogP contribution in [0.25, 0.3) is 21.3 Å². The van der Waals surface area contributed by atoms with E-state index < -0.39 is 4.92 Å². The monoisotopic (exact) mass is 406 g/mol. The van der Waals surface area contributed by atoms with Crippen LogP contribution in [0.2, 0.25) is 0 Å². The zero-order valence-electron chi connectivity index (χ0n) is 15.7. The molecule has 7 nitrogen and oxygen atoms in total. The third-order valence-corrected chi connectivity index (χ3v) is 5.68. The number of nitro benzene ring substituents is 1. The number of hydrogen-bond acceptors (Lipinski definition) is 5. The maximum Gasteiger partial charge on any atom is 0.269 e. The summed E-state index contributed by atoms with van der Waals surface area (Å²) in [5.74, 6) is -0.217. The second kappa shape index (κ2) is 7.84. The number of carbonyl (C=O) groups is 1. The van der Waals surface area contributed by atoms with E-state index in [4.69, 9.17) is 0 Å². The maximum absolute atomic E-state index is 12.7. The number of fused-ring (bicyclic) bond motifs is 1. The van der Waals surface area contributed by atoms with Crippen LogP contribution in [0.1, 0.15) is 15.9 Å². The number of carbonyl (C=O) groups excluding carboxylic acids is 1. The summed E-state index contributed by atoms with van der Waals surface area (Å²) >= 11 is 1.70. The minimum atomic E-state index is -0.454. The molecule has 2 heterocycles. The molecule has 0 aliphatic carbocycles. The molecule has 2 aromatic heterocycles. The van der Waals surface area contributed by atoms with Crippen molar-refractivity contribution in [2.75, 3.05) is 6.54 Å². The minimum absolute atomic E-state index is 0.00123. The van der Waals surface area contributed by atoms with Crippen molar-refractivity contribution < 1.29 is 9.72 Å². The molecule has 8 heteroatoms. The molecule has 0 fully saturated rings. The molecule has 0 spiro atoms. The van der Waals surface area contributed by atoms with Crippen LogP contribution in [0, 0.1) is 10.1 Å². The van der Waals surface area contributed by atoms with Gasteiger partial charge in [0.15, 0.2) is 0 Å². The van der Waals surface area contributed by atoms with Gasteiger partial charge in [-0.1, -0.05) is 18.2 Å². The fourth-order valence-corrected chi connectivity index (χ4v) is 4.24. The Labute approximate surface area is 170 Å². The van der Waals surface area contributed by atoms with Crippen LogP contribution in [0.15, 0.2) is 60.1 Å². The highest BCUT2D eigenvalue weighted by Crippen LogP contribution is 2.26. The van der Waals surface area contributed by atoms with Crippen LogP contribution < -0.4 is 5.32 Å². The van der Waals surface area contributed by atoms with E-state index in [0.717, 1.165) is 6.42 Å². The van der Waals surface area contributed by atoms with E-state index in [1.54, 1.807) is 41.4 Å². The normalized spacial score (nSPS) is 10.9. The summed E-state index contributed by atoms with van der Waals surface area (Å²) < 4.78 is 2.81. The Morgan fingerprint density at radius 3 is 2.72 bits per heavy atom. The summed E-state index contributed by atoms with van der Waals surface area (Å²) in [4.78, 5) is 23.1. The van der Waals surface area contributed by atoms with Crippen molar-refractivity contribution in [3.8, 4) is 11.3 Å². The Morgan fingerprint density at radius 1 is 1.21 bits per heavy atom. The van der Waals surface area contributed by atoms with E-state index in [2.05, 4.69) is 27.9 Å². The lowest BCUT2D eigenvalue weighted by atomic mass is 10.1. The van der Waals surface area contributed by atoms with E-state index >= 15 is 0 Å². The summed E-state index contributed by atoms with van der Waals surface area (Å²) in [6, 6.07) is 14.3. The zero-order chi connectivity index (χ0) is 20.4. The predicted molar refractivity (Wildman–Crippen MR) is 113 cm³/mol. The van der Waals surface area contributed by atoms with E-state index in [1.165, 1.54) is 27.8 Å². The fraction of sp³-hybridized carbons (Fsp3) is 0.143. The van der Waals surface area contributed by atoms with Crippen molar-refractivity contribution in [2.45, 2.75) is 6.42 Å². The number of non-ortho nitro benzene ring substituents is 1. The first kappa shape index (κ1) is 18.8. The van der Waals surface area contributed by atoms with Crippen LogP contribution >= 0.6 is 11.3 Å². The number of nitrogens with one attached hydrogen (secondary N) is 1. The number of nitrogens with zero attached hydrogens (tertiary/aromatic N) is 3. The standard InChI is InChI=1S/C21H18N4O3S/c1-24-12-18(20(23-24)14-6-8-16(9-7-14)25(27)28)21(26)22-11-10-15-13-29-19-5-3-2-4-17(15)19/h2-9,12-13H,10-11H2,1H3,(H,22,26). The Morgan fingerprint density at radius 2 is 1.97 bits per heavy atom. The third kappa shape index (κ3) is 3.88. The number of rotatable bonds is 6. The summed E-state index contributed by atoms with van der Waals surface area (Å²) in [5.41, 5.74) is 2.81. The van der Waals surface area contributed by atoms with Gasteiger partial charge in [0.05, 0.1) is 10.5 Å². The van der Waals surface area contributed by atoms with Crippen molar-refractivity contribution in [2.24, 2.45) is 7.05 Å². The van der Waals surface area contributed by atoms with Gasteiger partial charge in [0, 0.05) is 42.2 Å². The van der Waals surface area contributed by atoms with Crippen LogP contribution in [0.5, 0.6) is 0 Å². The first-order chi connectivity index (χ1) is 14.0. The van der Waals surface area contributed by atoms with Gasteiger partial charge in [0.1, 0.15) is 5.69 Å². The number of aryl methyl sites for hydroxylation is 1. The minimum Gasteiger partial charge on any atom is -0.352 e. The second-order valence-electron chi connectivity index (χ2n) is 6.63. The fourth-order valence-electron chi connectivity index (χ4n) is 3.24. The van der Waals surface area contributed by atoms with E-state index in [0.29, 0.717) is 23.4 Å². The molecule has 0 radical (unpaired) electrons. The molecule has 0 saturated heterocycles. The zero-order valence-corrected chi connectivity index (χ0v) is 16.5. The lowest BCUT2D eigenvalue weighted by Crippen LogP contribution is -2.25. The van der Waals surface area contributed by atoms with Gasteiger partial charge in [-0.05, 0) is 40.9 Å². The highest BCUT2D eigenvalue weighted by Gasteiger charge is 2.18. The summed E-state index contributed by atoms with van der Waals surface area (Å²) in [7, 11) is 1.74. The highest BCUT2D eigenvalue weighted by molar-refractivity contribution is 7.17. The molecule has 0 saturated carbocycles. The van der Waals surface area contributed by atoms with Crippen LogP contribution in [-0.2, 0) is 13.5 Å². The first-order valence-electron chi connectivity index (χ1n) is 9.04. The number of aromatic nitrogens is 2. The van der Waals surface area contributed by atoms with Gasteiger partial charge in [-0.3, -0.25) is 19.6 Å². The van der Waals surface area contributed by atoms with E-state index in [-0.39, 0.29) is 11.6 Å². The molecule has 0 atom stereocenters. The molecule has 146 valence electrons. The SMILES string of the molecule is Cn1cc(C(=O)NCCc2csc3ccccc23)c(-c2ccc([N+](=O)[O-])cc2)n1. The Hall–Kier alpha value is -3.52. The number of benzene rings is 2. The smallest absolute Gasteiger partial charge is 0.269 e. The van der Waals surface area contributed by atoms with Gasteiger partial charge in [-0.2, -0.15) is 5.10 Å². The van der Waals surface area contributed by atoms with E-state index in [9.17, 15) is 14.9 Å². The summed E-state index contributed by atoms with van der Waals surface area (Å²) in [5, 5.41) is 21.5. The summed E-state index contributed by atoms with van der Waals surface area (Å²) in [6.45, 7) is 0.508. The topological polar surface area (TPSA) is 90.1 Å².